The van der Waals surface area contributed by atoms with E-state index < -0.39 is 97.5 Å². The second-order valence-electron chi connectivity index (χ2n) is 30.4. The lowest BCUT2D eigenvalue weighted by atomic mass is 10.0. The molecule has 5 atom stereocenters. The molecule has 0 aromatic rings. The summed E-state index contributed by atoms with van der Waals surface area (Å²) in [7, 11) is -9.92. The van der Waals surface area contributed by atoms with Gasteiger partial charge in [0.1, 0.15) is 19.3 Å². The Labute approximate surface area is 600 Å². The van der Waals surface area contributed by atoms with Crippen molar-refractivity contribution in [3.05, 3.63) is 0 Å². The van der Waals surface area contributed by atoms with Crippen LogP contribution in [0.15, 0.2) is 0 Å². The monoisotopic (exact) mass is 1440 g/mol. The Morgan fingerprint density at radius 1 is 0.255 bits per heavy atom. The summed E-state index contributed by atoms with van der Waals surface area (Å²) < 4.78 is 68.6. The van der Waals surface area contributed by atoms with Gasteiger partial charge in [-0.15, -0.1) is 0 Å². The molecule has 17 nitrogen and oxygen atoms in total. The Morgan fingerprint density at radius 3 is 0.633 bits per heavy atom. The maximum atomic E-state index is 13.1. The highest BCUT2D eigenvalue weighted by atomic mass is 31.2. The molecule has 0 amide bonds. The average molecular weight is 1440 g/mol. The van der Waals surface area contributed by atoms with Crippen LogP contribution in [0, 0.1) is 23.7 Å². The minimum atomic E-state index is -4.96. The van der Waals surface area contributed by atoms with E-state index in [0.717, 1.165) is 114 Å². The first kappa shape index (κ1) is 96.1. The first-order valence-electron chi connectivity index (χ1n) is 40.7. The van der Waals surface area contributed by atoms with E-state index in [1.807, 2.05) is 0 Å². The Bertz CT molecular complexity index is 1920. The average Bonchev–Trinajstić information content (AvgIpc) is 0.952. The molecule has 3 unspecified atom stereocenters. The number of phosphoric acid groups is 2. The van der Waals surface area contributed by atoms with Gasteiger partial charge >= 0.3 is 39.5 Å². The normalized spacial score (nSPS) is 14.1. The molecule has 0 aliphatic heterocycles. The van der Waals surface area contributed by atoms with Crippen molar-refractivity contribution in [2.24, 2.45) is 23.7 Å². The molecule has 0 heterocycles. The van der Waals surface area contributed by atoms with Crippen LogP contribution < -0.4 is 0 Å². The van der Waals surface area contributed by atoms with Crippen molar-refractivity contribution in [2.75, 3.05) is 39.6 Å². The predicted molar refractivity (Wildman–Crippen MR) is 400 cm³/mol. The third-order valence-corrected chi connectivity index (χ3v) is 20.2. The Hall–Kier alpha value is -1.94. The molecule has 0 radical (unpaired) electrons. The molecule has 0 saturated carbocycles. The van der Waals surface area contributed by atoms with Crippen molar-refractivity contribution in [1.29, 1.82) is 0 Å². The highest BCUT2D eigenvalue weighted by molar-refractivity contribution is 7.47. The fourth-order valence-electron chi connectivity index (χ4n) is 12.1. The van der Waals surface area contributed by atoms with Gasteiger partial charge in [-0.1, -0.05) is 351 Å². The third-order valence-electron chi connectivity index (χ3n) is 18.3. The summed E-state index contributed by atoms with van der Waals surface area (Å²) in [6.45, 7) is 14.2. The number of unbranched alkanes of at least 4 members (excludes halogenated alkanes) is 42. The standard InChI is InChI=1S/C79H154O17P2/c1-69(2)55-47-39-31-25-19-15-11-9-13-17-21-28-34-43-51-59-76(81)89-65-74(95-79(84)62-54-46-36-30-24-23-27-33-41-49-57-71(5)6)67-93-97(85,86)91-63-73(80)64-92-98(87,88)94-68-75(66-90-77(82)60-52-44-38-37-42-50-58-72(7)8)96-78(83)61-53-45-35-29-22-18-14-10-12-16-20-26-32-40-48-56-70(3)4/h69-75,80H,9-68H2,1-8H3,(H,85,86)(H,87,88)/t73?,74-,75-/m1/s1. The Balaban J connectivity index is 5.20. The van der Waals surface area contributed by atoms with Crippen molar-refractivity contribution >= 4 is 39.5 Å². The van der Waals surface area contributed by atoms with E-state index in [0.29, 0.717) is 31.6 Å². The van der Waals surface area contributed by atoms with E-state index in [2.05, 4.69) is 55.4 Å². The fraction of sp³-hybridized carbons (Fsp3) is 0.949. The van der Waals surface area contributed by atoms with Crippen LogP contribution in [0.4, 0.5) is 0 Å². The molecule has 0 rings (SSSR count). The molecule has 0 bridgehead atoms. The van der Waals surface area contributed by atoms with Crippen LogP contribution in [-0.4, -0.2) is 96.7 Å². The number of carbonyl (C=O) groups is 4. The lowest BCUT2D eigenvalue weighted by Crippen LogP contribution is -2.30. The molecule has 98 heavy (non-hydrogen) atoms. The van der Waals surface area contributed by atoms with Gasteiger partial charge in [-0.05, 0) is 49.4 Å². The molecular weight excluding hydrogens is 1280 g/mol. The van der Waals surface area contributed by atoms with Gasteiger partial charge in [0.25, 0.3) is 0 Å². The van der Waals surface area contributed by atoms with Gasteiger partial charge in [0.2, 0.25) is 0 Å². The highest BCUT2D eigenvalue weighted by Gasteiger charge is 2.30. The summed E-state index contributed by atoms with van der Waals surface area (Å²) in [4.78, 5) is 72.9. The quantitative estimate of drug-likeness (QED) is 0.0222. The lowest BCUT2D eigenvalue weighted by Gasteiger charge is -2.21. The molecule has 0 spiro atoms. The molecule has 0 aliphatic rings. The van der Waals surface area contributed by atoms with Crippen LogP contribution in [0.5, 0.6) is 0 Å². The summed E-state index contributed by atoms with van der Waals surface area (Å²) >= 11 is 0. The number of ether oxygens (including phenoxy) is 4. The first-order chi connectivity index (χ1) is 47.1. The highest BCUT2D eigenvalue weighted by Crippen LogP contribution is 2.45. The van der Waals surface area contributed by atoms with Gasteiger partial charge in [0.05, 0.1) is 26.4 Å². The van der Waals surface area contributed by atoms with Gasteiger partial charge in [-0.3, -0.25) is 37.3 Å². The lowest BCUT2D eigenvalue weighted by molar-refractivity contribution is -0.161. The summed E-state index contributed by atoms with van der Waals surface area (Å²) in [6.07, 6.45) is 54.3. The zero-order valence-corrected chi connectivity index (χ0v) is 66.2. The Kier molecular flexibility index (Phi) is 66.8. The maximum absolute atomic E-state index is 13.1. The van der Waals surface area contributed by atoms with Gasteiger partial charge in [0.15, 0.2) is 12.2 Å². The molecule has 19 heteroatoms. The molecule has 582 valence electrons. The van der Waals surface area contributed by atoms with Crippen LogP contribution in [-0.2, 0) is 65.4 Å². The molecule has 0 saturated heterocycles. The van der Waals surface area contributed by atoms with Crippen molar-refractivity contribution in [3.63, 3.8) is 0 Å². The molecule has 0 aliphatic carbocycles. The number of carbonyl (C=O) groups excluding carboxylic acids is 4. The van der Waals surface area contributed by atoms with Gasteiger partial charge in [0, 0.05) is 25.7 Å². The van der Waals surface area contributed by atoms with E-state index in [1.165, 1.54) is 199 Å². The second-order valence-corrected chi connectivity index (χ2v) is 33.3. The number of aliphatic hydroxyl groups excluding tert-OH is 1. The number of phosphoric ester groups is 2. The van der Waals surface area contributed by atoms with Crippen LogP contribution in [0.3, 0.4) is 0 Å². The van der Waals surface area contributed by atoms with E-state index >= 15 is 0 Å². The molecular formula is C79H154O17P2. The molecule has 0 aromatic carbocycles. The van der Waals surface area contributed by atoms with Crippen LogP contribution in [0.1, 0.15) is 402 Å². The Morgan fingerprint density at radius 2 is 0.429 bits per heavy atom. The number of hydrogen-bond donors (Lipinski definition) is 3. The fourth-order valence-corrected chi connectivity index (χ4v) is 13.7. The summed E-state index contributed by atoms with van der Waals surface area (Å²) in [5.74, 6) is 0.922. The zero-order chi connectivity index (χ0) is 72.4. The van der Waals surface area contributed by atoms with Crippen LogP contribution >= 0.6 is 15.6 Å². The van der Waals surface area contributed by atoms with Gasteiger partial charge in [-0.25, -0.2) is 9.13 Å². The van der Waals surface area contributed by atoms with Crippen molar-refractivity contribution in [3.8, 4) is 0 Å². The third kappa shape index (κ3) is 72.4. The summed E-state index contributed by atoms with van der Waals surface area (Å²) in [6, 6.07) is 0. The topological polar surface area (TPSA) is 237 Å². The van der Waals surface area contributed by atoms with E-state index in [4.69, 9.17) is 37.0 Å². The number of aliphatic hydroxyl groups is 1. The van der Waals surface area contributed by atoms with Crippen LogP contribution in [0.2, 0.25) is 0 Å². The predicted octanol–water partition coefficient (Wildman–Crippen LogP) is 23.2. The smallest absolute Gasteiger partial charge is 0.462 e. The zero-order valence-electron chi connectivity index (χ0n) is 64.4. The number of rotatable bonds is 76. The largest absolute Gasteiger partial charge is 0.472 e. The van der Waals surface area contributed by atoms with Crippen LogP contribution in [0.25, 0.3) is 0 Å². The van der Waals surface area contributed by atoms with E-state index in [9.17, 15) is 43.2 Å². The SMILES string of the molecule is CC(C)CCCCCCCCCCCCCCCCCC(=O)OC[C@H](COP(=O)(O)OCC(O)COP(=O)(O)OC[C@@H](COC(=O)CCCCCCCCC(C)C)OC(=O)CCCCCCCCCCCCCCCCCC(C)C)OC(=O)CCCCCCCCCCCCC(C)C. The molecule has 0 fully saturated rings. The maximum Gasteiger partial charge on any atom is 0.472 e. The summed E-state index contributed by atoms with van der Waals surface area (Å²) in [5.41, 5.74) is 0. The van der Waals surface area contributed by atoms with Gasteiger partial charge in [-0.2, -0.15) is 0 Å². The number of esters is 4. The van der Waals surface area contributed by atoms with Crippen molar-refractivity contribution in [1.82, 2.24) is 0 Å². The molecule has 3 N–H and O–H groups in total. The van der Waals surface area contributed by atoms with Gasteiger partial charge < -0.3 is 33.8 Å². The summed E-state index contributed by atoms with van der Waals surface area (Å²) in [5, 5.41) is 10.6. The second kappa shape index (κ2) is 68.2. The molecule has 0 aromatic heterocycles. The first-order valence-corrected chi connectivity index (χ1v) is 43.7. The minimum Gasteiger partial charge on any atom is -0.462 e. The number of hydrogen-bond acceptors (Lipinski definition) is 15. The van der Waals surface area contributed by atoms with E-state index in [1.54, 1.807) is 0 Å². The van der Waals surface area contributed by atoms with Crippen molar-refractivity contribution < 1.29 is 80.2 Å². The minimum absolute atomic E-state index is 0.106. The van der Waals surface area contributed by atoms with Crippen molar-refractivity contribution in [2.45, 2.75) is 420 Å². The van der Waals surface area contributed by atoms with E-state index in [-0.39, 0.29) is 25.7 Å².